The topological polar surface area (TPSA) is 75.0 Å². The van der Waals surface area contributed by atoms with Crippen LogP contribution in [0.15, 0.2) is 26.9 Å². The zero-order chi connectivity index (χ0) is 14.1. The molecule has 6 nitrogen and oxygen atoms in total. The van der Waals surface area contributed by atoms with Crippen molar-refractivity contribution in [1.82, 2.24) is 19.9 Å². The van der Waals surface area contributed by atoms with E-state index in [0.29, 0.717) is 29.5 Å². The van der Waals surface area contributed by atoms with Gasteiger partial charge in [0.25, 0.3) is 5.56 Å². The first-order chi connectivity index (χ1) is 9.61. The minimum Gasteiger partial charge on any atom is -0.445 e. The summed E-state index contributed by atoms with van der Waals surface area (Å²) in [6.45, 7) is 2.96. The first kappa shape index (κ1) is 13.0. The lowest BCUT2D eigenvalue weighted by Gasteiger charge is -2.13. The summed E-state index contributed by atoms with van der Waals surface area (Å²) in [6.07, 6.45) is 1.70. The number of rotatable bonds is 4. The second-order valence-corrected chi connectivity index (χ2v) is 5.60. The van der Waals surface area contributed by atoms with E-state index in [2.05, 4.69) is 15.0 Å². The molecule has 0 saturated heterocycles. The minimum absolute atomic E-state index is 0.0830. The highest BCUT2D eigenvalue weighted by atomic mass is 32.1. The number of fused-ring (bicyclic) bond motifs is 1. The SMILES string of the molecule is Cc1cnc(CN(C)Cc2nc3ccsc3c(=O)[nH]2)o1. The number of H-pyrrole nitrogens is 1. The molecule has 0 aliphatic rings. The van der Waals surface area contributed by atoms with Crippen LogP contribution < -0.4 is 5.56 Å². The van der Waals surface area contributed by atoms with Gasteiger partial charge in [-0.3, -0.25) is 9.69 Å². The van der Waals surface area contributed by atoms with Gasteiger partial charge in [-0.05, 0) is 25.4 Å². The maximum atomic E-state index is 11.9. The summed E-state index contributed by atoms with van der Waals surface area (Å²) in [7, 11) is 1.93. The molecule has 0 bridgehead atoms. The van der Waals surface area contributed by atoms with Gasteiger partial charge in [-0.15, -0.1) is 11.3 Å². The van der Waals surface area contributed by atoms with Gasteiger partial charge in [0.05, 0.1) is 24.8 Å². The molecule has 3 heterocycles. The average molecular weight is 290 g/mol. The first-order valence-electron chi connectivity index (χ1n) is 6.18. The van der Waals surface area contributed by atoms with Crippen molar-refractivity contribution < 1.29 is 4.42 Å². The molecule has 104 valence electrons. The molecule has 0 saturated carbocycles. The van der Waals surface area contributed by atoms with Crippen LogP contribution in [0.1, 0.15) is 17.5 Å². The Labute approximate surface area is 119 Å². The third-order valence-corrected chi connectivity index (χ3v) is 3.76. The van der Waals surface area contributed by atoms with Gasteiger partial charge in [0.15, 0.2) is 0 Å². The van der Waals surface area contributed by atoms with E-state index in [4.69, 9.17) is 4.42 Å². The predicted octanol–water partition coefficient (Wildman–Crippen LogP) is 1.91. The van der Waals surface area contributed by atoms with Crippen LogP contribution >= 0.6 is 11.3 Å². The molecular formula is C13H14N4O2S. The fourth-order valence-electron chi connectivity index (χ4n) is 2.01. The summed E-state index contributed by atoms with van der Waals surface area (Å²) in [4.78, 5) is 25.3. The molecule has 3 aromatic rings. The molecule has 7 heteroatoms. The summed E-state index contributed by atoms with van der Waals surface area (Å²) >= 11 is 1.40. The summed E-state index contributed by atoms with van der Waals surface area (Å²) in [5.41, 5.74) is 0.662. The van der Waals surface area contributed by atoms with Gasteiger partial charge in [0.1, 0.15) is 16.3 Å². The van der Waals surface area contributed by atoms with Gasteiger partial charge in [-0.2, -0.15) is 0 Å². The number of aromatic amines is 1. The minimum atomic E-state index is -0.0830. The summed E-state index contributed by atoms with van der Waals surface area (Å²) in [6, 6.07) is 1.86. The van der Waals surface area contributed by atoms with Crippen molar-refractivity contribution in [2.45, 2.75) is 20.0 Å². The Bertz CT molecular complexity index is 789. The summed E-state index contributed by atoms with van der Waals surface area (Å²) in [5.74, 6) is 2.09. The Balaban J connectivity index is 1.76. The van der Waals surface area contributed by atoms with Crippen molar-refractivity contribution in [2.24, 2.45) is 0 Å². The molecule has 0 radical (unpaired) electrons. The molecule has 0 fully saturated rings. The quantitative estimate of drug-likeness (QED) is 0.794. The van der Waals surface area contributed by atoms with Gasteiger partial charge in [0.2, 0.25) is 5.89 Å². The molecular weight excluding hydrogens is 276 g/mol. The van der Waals surface area contributed by atoms with E-state index >= 15 is 0 Å². The van der Waals surface area contributed by atoms with Gasteiger partial charge >= 0.3 is 0 Å². The van der Waals surface area contributed by atoms with Gasteiger partial charge in [-0.1, -0.05) is 0 Å². The number of thiophene rings is 1. The number of nitrogens with one attached hydrogen (secondary N) is 1. The van der Waals surface area contributed by atoms with Gasteiger partial charge < -0.3 is 9.40 Å². The van der Waals surface area contributed by atoms with Crippen LogP contribution in [-0.4, -0.2) is 26.9 Å². The third kappa shape index (κ3) is 2.63. The van der Waals surface area contributed by atoms with Crippen LogP contribution in [0.2, 0.25) is 0 Å². The molecule has 0 amide bonds. The largest absolute Gasteiger partial charge is 0.445 e. The zero-order valence-electron chi connectivity index (χ0n) is 11.2. The lowest BCUT2D eigenvalue weighted by Crippen LogP contribution is -2.21. The maximum Gasteiger partial charge on any atom is 0.268 e. The Morgan fingerprint density at radius 1 is 1.45 bits per heavy atom. The Hall–Kier alpha value is -1.99. The third-order valence-electron chi connectivity index (χ3n) is 2.86. The molecule has 0 aliphatic heterocycles. The highest BCUT2D eigenvalue weighted by Crippen LogP contribution is 2.14. The van der Waals surface area contributed by atoms with E-state index < -0.39 is 0 Å². The average Bonchev–Trinajstić information content (AvgIpc) is 2.98. The van der Waals surface area contributed by atoms with Gasteiger partial charge in [-0.25, -0.2) is 9.97 Å². The number of aromatic nitrogens is 3. The smallest absolute Gasteiger partial charge is 0.268 e. The predicted molar refractivity (Wildman–Crippen MR) is 76.7 cm³/mol. The van der Waals surface area contributed by atoms with E-state index in [1.165, 1.54) is 11.3 Å². The second-order valence-electron chi connectivity index (χ2n) is 4.68. The molecule has 0 atom stereocenters. The number of oxazole rings is 1. The first-order valence-corrected chi connectivity index (χ1v) is 7.06. The number of aryl methyl sites for hydroxylation is 1. The monoisotopic (exact) mass is 290 g/mol. The molecule has 20 heavy (non-hydrogen) atoms. The molecule has 3 rings (SSSR count). The second kappa shape index (κ2) is 5.18. The highest BCUT2D eigenvalue weighted by Gasteiger charge is 2.10. The van der Waals surface area contributed by atoms with Crippen molar-refractivity contribution in [3.05, 3.63) is 45.5 Å². The van der Waals surface area contributed by atoms with E-state index in [1.807, 2.05) is 30.3 Å². The van der Waals surface area contributed by atoms with Crippen molar-refractivity contribution in [3.63, 3.8) is 0 Å². The molecule has 0 aliphatic carbocycles. The molecule has 0 aromatic carbocycles. The Morgan fingerprint density at radius 3 is 3.05 bits per heavy atom. The fourth-order valence-corrected chi connectivity index (χ4v) is 2.74. The highest BCUT2D eigenvalue weighted by molar-refractivity contribution is 7.17. The normalized spacial score (nSPS) is 11.6. The number of hydrogen-bond donors (Lipinski definition) is 1. The van der Waals surface area contributed by atoms with Crippen molar-refractivity contribution >= 4 is 21.6 Å². The van der Waals surface area contributed by atoms with E-state index in [9.17, 15) is 4.79 Å². The van der Waals surface area contributed by atoms with Crippen molar-refractivity contribution in [2.75, 3.05) is 7.05 Å². The van der Waals surface area contributed by atoms with Crippen LogP contribution in [0.3, 0.4) is 0 Å². The summed E-state index contributed by atoms with van der Waals surface area (Å²) < 4.78 is 6.10. The zero-order valence-corrected chi connectivity index (χ0v) is 12.0. The Morgan fingerprint density at radius 2 is 2.30 bits per heavy atom. The molecule has 3 aromatic heterocycles. The lowest BCUT2D eigenvalue weighted by atomic mass is 10.4. The maximum absolute atomic E-state index is 11.9. The van der Waals surface area contributed by atoms with E-state index in [0.717, 1.165) is 11.3 Å². The lowest BCUT2D eigenvalue weighted by molar-refractivity contribution is 0.273. The number of hydrogen-bond acceptors (Lipinski definition) is 6. The number of nitrogens with zero attached hydrogens (tertiary/aromatic N) is 3. The van der Waals surface area contributed by atoms with Crippen LogP contribution in [0.5, 0.6) is 0 Å². The molecule has 0 unspecified atom stereocenters. The van der Waals surface area contributed by atoms with Crippen LogP contribution in [0, 0.1) is 6.92 Å². The van der Waals surface area contributed by atoms with Crippen LogP contribution in [0.4, 0.5) is 0 Å². The van der Waals surface area contributed by atoms with E-state index in [-0.39, 0.29) is 5.56 Å². The molecule has 1 N–H and O–H groups in total. The standard InChI is InChI=1S/C13H14N4O2S/c1-8-5-14-11(19-8)7-17(2)6-10-15-9-3-4-20-12(9)13(18)16-10/h3-5H,6-7H2,1-2H3,(H,15,16,18). The fraction of sp³-hybridized carbons (Fsp3) is 0.308. The van der Waals surface area contributed by atoms with Crippen molar-refractivity contribution in [3.8, 4) is 0 Å². The Kier molecular flexibility index (Phi) is 3.37. The van der Waals surface area contributed by atoms with Crippen molar-refractivity contribution in [1.29, 1.82) is 0 Å². The van der Waals surface area contributed by atoms with Crippen LogP contribution in [-0.2, 0) is 13.1 Å². The molecule has 0 spiro atoms. The van der Waals surface area contributed by atoms with Crippen LogP contribution in [0.25, 0.3) is 10.2 Å². The van der Waals surface area contributed by atoms with Gasteiger partial charge in [0, 0.05) is 0 Å². The van der Waals surface area contributed by atoms with E-state index in [1.54, 1.807) is 6.20 Å². The summed E-state index contributed by atoms with van der Waals surface area (Å²) in [5, 5.41) is 1.87.